The Morgan fingerprint density at radius 2 is 2.00 bits per heavy atom. The first-order chi connectivity index (χ1) is 14.1. The van der Waals surface area contributed by atoms with Gasteiger partial charge in [-0.25, -0.2) is 0 Å². The van der Waals surface area contributed by atoms with Crippen LogP contribution in [0.2, 0.25) is 0 Å². The average Bonchev–Trinajstić information content (AvgIpc) is 2.77. The van der Waals surface area contributed by atoms with E-state index in [0.29, 0.717) is 37.2 Å². The largest absolute Gasteiger partial charge is 0.339 e. The zero-order valence-corrected chi connectivity index (χ0v) is 16.4. The van der Waals surface area contributed by atoms with Crippen LogP contribution < -0.4 is 0 Å². The molecule has 0 radical (unpaired) electrons. The van der Waals surface area contributed by atoms with Gasteiger partial charge < -0.3 is 9.80 Å². The molecule has 2 aromatic rings. The molecule has 0 aliphatic carbocycles. The third-order valence-electron chi connectivity index (χ3n) is 6.19. The van der Waals surface area contributed by atoms with Crippen molar-refractivity contribution in [2.45, 2.75) is 32.2 Å². The maximum absolute atomic E-state index is 12.8. The first kappa shape index (κ1) is 19.1. The van der Waals surface area contributed by atoms with Gasteiger partial charge in [-0.1, -0.05) is 12.1 Å². The van der Waals surface area contributed by atoms with Gasteiger partial charge in [0.15, 0.2) is 0 Å². The molecular weight excluding hydrogens is 364 g/mol. The Kier molecular flexibility index (Phi) is 5.30. The Hall–Kier alpha value is -3.20. The van der Waals surface area contributed by atoms with Crippen molar-refractivity contribution in [2.24, 2.45) is 5.41 Å². The molecule has 148 valence electrons. The summed E-state index contributed by atoms with van der Waals surface area (Å²) in [7, 11) is 0. The lowest BCUT2D eigenvalue weighted by Gasteiger charge is -2.47. The normalized spacial score (nSPS) is 18.5. The number of nitriles is 1. The highest BCUT2D eigenvalue weighted by Crippen LogP contribution is 2.40. The lowest BCUT2D eigenvalue weighted by Crippen LogP contribution is -2.52. The molecule has 0 bridgehead atoms. The lowest BCUT2D eigenvalue weighted by molar-refractivity contribution is -0.139. The summed E-state index contributed by atoms with van der Waals surface area (Å²) in [5.41, 5.74) is 2.20. The summed E-state index contributed by atoms with van der Waals surface area (Å²) in [6.45, 7) is 2.71. The van der Waals surface area contributed by atoms with Crippen molar-refractivity contribution in [3.63, 3.8) is 0 Å². The number of rotatable bonds is 3. The lowest BCUT2D eigenvalue weighted by atomic mass is 9.72. The van der Waals surface area contributed by atoms with Gasteiger partial charge >= 0.3 is 0 Å². The molecule has 1 aromatic heterocycles. The van der Waals surface area contributed by atoms with Crippen LogP contribution >= 0.6 is 0 Å². The summed E-state index contributed by atoms with van der Waals surface area (Å²) in [6.07, 6.45) is 6.80. The standard InChI is InChI=1S/C23H24N4O2/c24-14-18-3-1-5-20(13-18)22(29)26-11-8-23(9-12-26)7-6-21(28)27(17-23)16-19-4-2-10-25-15-19/h1-5,10,13,15H,6-9,11-12,16-17H2. The van der Waals surface area contributed by atoms with E-state index in [1.165, 1.54) is 0 Å². The van der Waals surface area contributed by atoms with E-state index in [0.717, 1.165) is 31.4 Å². The molecule has 2 aliphatic rings. The maximum Gasteiger partial charge on any atom is 0.253 e. The van der Waals surface area contributed by atoms with E-state index in [1.54, 1.807) is 30.5 Å². The molecule has 29 heavy (non-hydrogen) atoms. The van der Waals surface area contributed by atoms with Crippen molar-refractivity contribution in [3.05, 3.63) is 65.5 Å². The van der Waals surface area contributed by atoms with E-state index in [4.69, 9.17) is 5.26 Å². The Balaban J connectivity index is 1.40. The summed E-state index contributed by atoms with van der Waals surface area (Å²) in [5, 5.41) is 9.06. The van der Waals surface area contributed by atoms with Crippen molar-refractivity contribution < 1.29 is 9.59 Å². The third kappa shape index (κ3) is 4.14. The Bertz CT molecular complexity index is 943. The smallest absolute Gasteiger partial charge is 0.253 e. The first-order valence-electron chi connectivity index (χ1n) is 10.0. The van der Waals surface area contributed by atoms with Crippen molar-refractivity contribution in [1.82, 2.24) is 14.8 Å². The number of hydrogen-bond donors (Lipinski definition) is 0. The van der Waals surface area contributed by atoms with E-state index in [2.05, 4.69) is 11.1 Å². The topological polar surface area (TPSA) is 77.3 Å². The Morgan fingerprint density at radius 1 is 1.17 bits per heavy atom. The van der Waals surface area contributed by atoms with E-state index in [-0.39, 0.29) is 17.2 Å². The number of nitrogens with zero attached hydrogens (tertiary/aromatic N) is 4. The van der Waals surface area contributed by atoms with Crippen LogP contribution in [0.5, 0.6) is 0 Å². The van der Waals surface area contributed by atoms with Gasteiger partial charge in [0.2, 0.25) is 5.91 Å². The van der Waals surface area contributed by atoms with Gasteiger partial charge in [0, 0.05) is 50.6 Å². The minimum absolute atomic E-state index is 0.0175. The van der Waals surface area contributed by atoms with Crippen LogP contribution in [0.15, 0.2) is 48.8 Å². The van der Waals surface area contributed by atoms with Crippen LogP contribution in [-0.4, -0.2) is 46.2 Å². The molecular formula is C23H24N4O2. The second kappa shape index (κ2) is 8.04. The molecule has 0 N–H and O–H groups in total. The molecule has 6 nitrogen and oxygen atoms in total. The molecule has 6 heteroatoms. The number of carbonyl (C=O) groups excluding carboxylic acids is 2. The van der Waals surface area contributed by atoms with Gasteiger partial charge in [-0.15, -0.1) is 0 Å². The number of hydrogen-bond acceptors (Lipinski definition) is 4. The fourth-order valence-electron chi connectivity index (χ4n) is 4.46. The number of likely N-dealkylation sites (tertiary alicyclic amines) is 2. The van der Waals surface area contributed by atoms with Crippen molar-refractivity contribution in [1.29, 1.82) is 5.26 Å². The van der Waals surface area contributed by atoms with Gasteiger partial charge in [0.25, 0.3) is 5.91 Å². The molecule has 2 fully saturated rings. The van der Waals surface area contributed by atoms with Crippen molar-refractivity contribution in [3.8, 4) is 6.07 Å². The quantitative estimate of drug-likeness (QED) is 0.810. The molecule has 4 rings (SSSR count). The minimum Gasteiger partial charge on any atom is -0.339 e. The predicted molar refractivity (Wildman–Crippen MR) is 108 cm³/mol. The first-order valence-corrected chi connectivity index (χ1v) is 10.0. The van der Waals surface area contributed by atoms with Gasteiger partial charge in [-0.3, -0.25) is 14.6 Å². The van der Waals surface area contributed by atoms with E-state index in [1.807, 2.05) is 28.1 Å². The maximum atomic E-state index is 12.8. The molecule has 2 saturated heterocycles. The van der Waals surface area contributed by atoms with Crippen LogP contribution in [0.25, 0.3) is 0 Å². The summed E-state index contributed by atoms with van der Waals surface area (Å²) in [4.78, 5) is 33.3. The number of piperidine rings is 2. The Labute approximate surface area is 170 Å². The van der Waals surface area contributed by atoms with E-state index < -0.39 is 0 Å². The van der Waals surface area contributed by atoms with Crippen LogP contribution in [-0.2, 0) is 11.3 Å². The molecule has 1 aromatic carbocycles. The van der Waals surface area contributed by atoms with Crippen molar-refractivity contribution in [2.75, 3.05) is 19.6 Å². The number of benzene rings is 1. The SMILES string of the molecule is N#Cc1cccc(C(=O)N2CCC3(CCC(=O)N(Cc4cccnc4)C3)CC2)c1. The highest BCUT2D eigenvalue weighted by molar-refractivity contribution is 5.94. The van der Waals surface area contributed by atoms with Gasteiger partial charge in [-0.2, -0.15) is 5.26 Å². The second-order valence-corrected chi connectivity index (χ2v) is 8.10. The third-order valence-corrected chi connectivity index (χ3v) is 6.19. The fourth-order valence-corrected chi connectivity index (χ4v) is 4.46. The van der Waals surface area contributed by atoms with Crippen LogP contribution in [0.1, 0.15) is 47.2 Å². The molecule has 2 aliphatic heterocycles. The molecule has 0 atom stereocenters. The minimum atomic E-state index is -0.0175. The zero-order valence-electron chi connectivity index (χ0n) is 16.4. The summed E-state index contributed by atoms with van der Waals surface area (Å²) < 4.78 is 0. The summed E-state index contributed by atoms with van der Waals surface area (Å²) in [6, 6.07) is 12.9. The van der Waals surface area contributed by atoms with Crippen LogP contribution in [0, 0.1) is 16.7 Å². The molecule has 3 heterocycles. The van der Waals surface area contributed by atoms with Gasteiger partial charge in [0.1, 0.15) is 0 Å². The van der Waals surface area contributed by atoms with Gasteiger partial charge in [-0.05, 0) is 54.5 Å². The molecule has 2 amide bonds. The van der Waals surface area contributed by atoms with Crippen LogP contribution in [0.3, 0.4) is 0 Å². The van der Waals surface area contributed by atoms with E-state index >= 15 is 0 Å². The monoisotopic (exact) mass is 388 g/mol. The number of aromatic nitrogens is 1. The number of amides is 2. The fraction of sp³-hybridized carbons (Fsp3) is 0.391. The van der Waals surface area contributed by atoms with Crippen molar-refractivity contribution >= 4 is 11.8 Å². The number of carbonyl (C=O) groups is 2. The van der Waals surface area contributed by atoms with Gasteiger partial charge in [0.05, 0.1) is 11.6 Å². The zero-order chi connectivity index (χ0) is 20.3. The molecule has 0 saturated carbocycles. The van der Waals surface area contributed by atoms with Crippen LogP contribution in [0.4, 0.5) is 0 Å². The summed E-state index contributed by atoms with van der Waals surface area (Å²) >= 11 is 0. The average molecular weight is 388 g/mol. The summed E-state index contributed by atoms with van der Waals surface area (Å²) in [5.74, 6) is 0.183. The van der Waals surface area contributed by atoms with E-state index in [9.17, 15) is 9.59 Å². The second-order valence-electron chi connectivity index (χ2n) is 8.10. The molecule has 0 unspecified atom stereocenters. The highest BCUT2D eigenvalue weighted by Gasteiger charge is 2.41. The Morgan fingerprint density at radius 3 is 2.72 bits per heavy atom. The predicted octanol–water partition coefficient (Wildman–Crippen LogP) is 3.00. The molecule has 1 spiro atoms. The number of pyridine rings is 1. The highest BCUT2D eigenvalue weighted by atomic mass is 16.2.